The average Bonchev–Trinajstić information content (AvgIpc) is 2.60. The van der Waals surface area contributed by atoms with E-state index in [4.69, 9.17) is 9.47 Å². The first-order valence-electron chi connectivity index (χ1n) is 7.99. The summed E-state index contributed by atoms with van der Waals surface area (Å²) in [6.07, 6.45) is 1.03. The Hall–Kier alpha value is -2.26. The molecule has 2 heterocycles. The fraction of sp³-hybridized carbons (Fsp3) is 0.300. The molecule has 1 unspecified atom stereocenters. The van der Waals surface area contributed by atoms with Gasteiger partial charge in [0.15, 0.2) is 11.5 Å². The average molecular weight is 307 g/mol. The molecule has 23 heavy (non-hydrogen) atoms. The van der Waals surface area contributed by atoms with Gasteiger partial charge in [0.25, 0.3) is 0 Å². The molecule has 0 fully saturated rings. The van der Waals surface area contributed by atoms with E-state index < -0.39 is 0 Å². The van der Waals surface area contributed by atoms with Crippen LogP contribution < -0.4 is 9.47 Å². The van der Waals surface area contributed by atoms with Crippen molar-refractivity contribution in [3.05, 3.63) is 65.2 Å². The zero-order valence-electron chi connectivity index (χ0n) is 13.6. The van der Waals surface area contributed by atoms with Crippen LogP contribution in [0.15, 0.2) is 43.0 Å². The van der Waals surface area contributed by atoms with Gasteiger partial charge in [0.1, 0.15) is 0 Å². The Kier molecular flexibility index (Phi) is 3.38. The Morgan fingerprint density at radius 2 is 1.78 bits per heavy atom. The van der Waals surface area contributed by atoms with Gasteiger partial charge < -0.3 is 9.47 Å². The first kappa shape index (κ1) is 14.3. The fourth-order valence-electron chi connectivity index (χ4n) is 3.92. The zero-order valence-corrected chi connectivity index (χ0v) is 13.6. The van der Waals surface area contributed by atoms with Crippen molar-refractivity contribution >= 4 is 5.57 Å². The predicted octanol–water partition coefficient (Wildman–Crippen LogP) is 3.68. The summed E-state index contributed by atoms with van der Waals surface area (Å²) in [4.78, 5) is 2.51. The molecule has 3 heteroatoms. The van der Waals surface area contributed by atoms with E-state index in [1.807, 2.05) is 0 Å². The highest BCUT2D eigenvalue weighted by Gasteiger charge is 2.35. The standard InChI is InChI=1S/C20H21NO2/c1-13-12-21-9-8-14-10-18(22-2)19(23-3)11-17(14)20(21)16-7-5-4-6-15(13)16/h4-7,10-11,20H,1,8-9,12H2,2-3H3. The Morgan fingerprint density at radius 1 is 1.04 bits per heavy atom. The Labute approximate surface area is 137 Å². The van der Waals surface area contributed by atoms with Gasteiger partial charge in [-0.15, -0.1) is 0 Å². The second kappa shape index (κ2) is 5.43. The highest BCUT2D eigenvalue weighted by Crippen LogP contribution is 2.45. The van der Waals surface area contributed by atoms with Gasteiger partial charge >= 0.3 is 0 Å². The summed E-state index contributed by atoms with van der Waals surface area (Å²) in [5, 5.41) is 0. The molecule has 0 saturated carbocycles. The maximum absolute atomic E-state index is 5.53. The molecule has 118 valence electrons. The number of ether oxygens (including phenoxy) is 2. The summed E-state index contributed by atoms with van der Waals surface area (Å²) in [7, 11) is 3.39. The maximum atomic E-state index is 5.53. The first-order valence-corrected chi connectivity index (χ1v) is 7.99. The van der Waals surface area contributed by atoms with Gasteiger partial charge in [-0.05, 0) is 46.4 Å². The van der Waals surface area contributed by atoms with Crippen molar-refractivity contribution < 1.29 is 9.47 Å². The first-order chi connectivity index (χ1) is 11.2. The summed E-state index contributed by atoms with van der Waals surface area (Å²) in [5.74, 6) is 1.61. The van der Waals surface area contributed by atoms with Gasteiger partial charge in [-0.3, -0.25) is 4.90 Å². The lowest BCUT2D eigenvalue weighted by molar-refractivity contribution is 0.232. The van der Waals surface area contributed by atoms with Crippen molar-refractivity contribution in [1.82, 2.24) is 4.90 Å². The van der Waals surface area contributed by atoms with E-state index in [0.29, 0.717) is 0 Å². The van der Waals surface area contributed by atoms with Gasteiger partial charge in [0, 0.05) is 13.1 Å². The lowest BCUT2D eigenvalue weighted by atomic mass is 9.81. The van der Waals surface area contributed by atoms with Crippen molar-refractivity contribution in [3.8, 4) is 11.5 Å². The van der Waals surface area contributed by atoms with Crippen LogP contribution in [0.25, 0.3) is 5.57 Å². The number of methoxy groups -OCH3 is 2. The van der Waals surface area contributed by atoms with Crippen LogP contribution in [0.1, 0.15) is 28.3 Å². The molecule has 2 aliphatic heterocycles. The van der Waals surface area contributed by atoms with Crippen LogP contribution in [0.3, 0.4) is 0 Å². The zero-order chi connectivity index (χ0) is 16.0. The molecule has 0 N–H and O–H groups in total. The van der Waals surface area contributed by atoms with Crippen molar-refractivity contribution in [1.29, 1.82) is 0 Å². The van der Waals surface area contributed by atoms with Crippen LogP contribution >= 0.6 is 0 Å². The molecule has 2 aromatic carbocycles. The molecule has 0 aromatic heterocycles. The van der Waals surface area contributed by atoms with Crippen LogP contribution in [-0.4, -0.2) is 32.2 Å². The number of fused-ring (bicyclic) bond motifs is 5. The van der Waals surface area contributed by atoms with E-state index in [1.54, 1.807) is 14.2 Å². The largest absolute Gasteiger partial charge is 0.493 e. The molecule has 2 aromatic rings. The summed E-state index contributed by atoms with van der Waals surface area (Å²) in [6.45, 7) is 6.25. The molecule has 0 radical (unpaired) electrons. The molecule has 4 rings (SSSR count). The summed E-state index contributed by atoms with van der Waals surface area (Å²) in [5.41, 5.74) is 6.52. The molecule has 0 aliphatic carbocycles. The molecular formula is C20H21NO2. The highest BCUT2D eigenvalue weighted by atomic mass is 16.5. The van der Waals surface area contributed by atoms with Crippen LogP contribution in [0, 0.1) is 0 Å². The number of hydrogen-bond donors (Lipinski definition) is 0. The maximum Gasteiger partial charge on any atom is 0.161 e. The molecule has 0 spiro atoms. The van der Waals surface area contributed by atoms with E-state index in [9.17, 15) is 0 Å². The van der Waals surface area contributed by atoms with Crippen molar-refractivity contribution in [2.75, 3.05) is 27.3 Å². The minimum absolute atomic E-state index is 0.278. The minimum Gasteiger partial charge on any atom is -0.493 e. The fourth-order valence-corrected chi connectivity index (χ4v) is 3.92. The van der Waals surface area contributed by atoms with E-state index in [0.717, 1.165) is 31.0 Å². The number of benzene rings is 2. The third-order valence-electron chi connectivity index (χ3n) is 5.00. The number of hydrogen-bond acceptors (Lipinski definition) is 3. The normalized spacial score (nSPS) is 19.6. The Morgan fingerprint density at radius 3 is 2.57 bits per heavy atom. The van der Waals surface area contributed by atoms with Gasteiger partial charge in [0.05, 0.1) is 20.3 Å². The third kappa shape index (κ3) is 2.15. The molecule has 1 atom stereocenters. The van der Waals surface area contributed by atoms with Crippen molar-refractivity contribution in [2.45, 2.75) is 12.5 Å². The predicted molar refractivity (Wildman–Crippen MR) is 92.1 cm³/mol. The van der Waals surface area contributed by atoms with Crippen LogP contribution in [0.5, 0.6) is 11.5 Å². The lowest BCUT2D eigenvalue weighted by Gasteiger charge is -2.42. The quantitative estimate of drug-likeness (QED) is 0.845. The number of rotatable bonds is 2. The Balaban J connectivity index is 1.91. The van der Waals surface area contributed by atoms with Gasteiger partial charge in [-0.2, -0.15) is 0 Å². The monoisotopic (exact) mass is 307 g/mol. The second-order valence-electron chi connectivity index (χ2n) is 6.22. The molecule has 0 saturated heterocycles. The van der Waals surface area contributed by atoms with Crippen LogP contribution in [0.2, 0.25) is 0 Å². The van der Waals surface area contributed by atoms with E-state index in [-0.39, 0.29) is 6.04 Å². The Bertz CT molecular complexity index is 781. The number of nitrogens with zero attached hydrogens (tertiary/aromatic N) is 1. The van der Waals surface area contributed by atoms with Crippen LogP contribution in [-0.2, 0) is 6.42 Å². The summed E-state index contributed by atoms with van der Waals surface area (Å²) >= 11 is 0. The minimum atomic E-state index is 0.278. The highest BCUT2D eigenvalue weighted by molar-refractivity contribution is 5.71. The molecule has 3 nitrogen and oxygen atoms in total. The summed E-state index contributed by atoms with van der Waals surface area (Å²) in [6, 6.07) is 13.2. The van der Waals surface area contributed by atoms with E-state index in [1.165, 1.54) is 27.8 Å². The van der Waals surface area contributed by atoms with Gasteiger partial charge in [0.2, 0.25) is 0 Å². The molecule has 0 bridgehead atoms. The molecular weight excluding hydrogens is 286 g/mol. The topological polar surface area (TPSA) is 21.7 Å². The second-order valence-corrected chi connectivity index (χ2v) is 6.22. The van der Waals surface area contributed by atoms with E-state index >= 15 is 0 Å². The van der Waals surface area contributed by atoms with Gasteiger partial charge in [-0.1, -0.05) is 30.8 Å². The smallest absolute Gasteiger partial charge is 0.161 e. The molecule has 2 aliphatic rings. The van der Waals surface area contributed by atoms with Crippen molar-refractivity contribution in [3.63, 3.8) is 0 Å². The lowest BCUT2D eigenvalue weighted by Crippen LogP contribution is -2.40. The molecule has 0 amide bonds. The van der Waals surface area contributed by atoms with Crippen molar-refractivity contribution in [2.24, 2.45) is 0 Å². The summed E-state index contributed by atoms with van der Waals surface area (Å²) < 4.78 is 11.0. The SMILES string of the molecule is C=C1CN2CCc3cc(OC)c(OC)cc3C2c2ccccc21. The third-order valence-corrected chi connectivity index (χ3v) is 5.00. The van der Waals surface area contributed by atoms with Gasteiger partial charge in [-0.25, -0.2) is 0 Å². The van der Waals surface area contributed by atoms with Crippen LogP contribution in [0.4, 0.5) is 0 Å². The van der Waals surface area contributed by atoms with E-state index in [2.05, 4.69) is 47.9 Å².